The maximum atomic E-state index is 4.76. The van der Waals surface area contributed by atoms with Crippen molar-refractivity contribution in [1.82, 2.24) is 15.0 Å². The zero-order valence-electron chi connectivity index (χ0n) is 12.5. The minimum Gasteiger partial charge on any atom is -0.252 e. The van der Waals surface area contributed by atoms with Crippen molar-refractivity contribution in [3.63, 3.8) is 0 Å². The summed E-state index contributed by atoms with van der Waals surface area (Å²) >= 11 is 0. The summed E-state index contributed by atoms with van der Waals surface area (Å²) in [5, 5.41) is 3.45. The largest absolute Gasteiger partial charge is 0.252 e. The van der Waals surface area contributed by atoms with Crippen LogP contribution in [-0.2, 0) is 0 Å². The van der Waals surface area contributed by atoms with Gasteiger partial charge in [0, 0.05) is 28.2 Å². The smallest absolute Gasteiger partial charge is 0.125 e. The highest BCUT2D eigenvalue weighted by Gasteiger charge is 2.06. The molecule has 0 saturated heterocycles. The summed E-state index contributed by atoms with van der Waals surface area (Å²) in [4.78, 5) is 13.5. The van der Waals surface area contributed by atoms with Crippen molar-refractivity contribution in [3.05, 3.63) is 66.2 Å². The van der Waals surface area contributed by atoms with Crippen LogP contribution in [0.4, 0.5) is 0 Å². The van der Waals surface area contributed by atoms with E-state index in [1.165, 1.54) is 10.8 Å². The Kier molecular flexibility index (Phi) is 2.86. The van der Waals surface area contributed by atoms with Crippen LogP contribution in [0.2, 0.25) is 0 Å². The van der Waals surface area contributed by atoms with Gasteiger partial charge in [-0.05, 0) is 37.4 Å². The lowest BCUT2D eigenvalue weighted by Crippen LogP contribution is -1.91. The van der Waals surface area contributed by atoms with Crippen molar-refractivity contribution >= 4 is 21.7 Å². The minimum absolute atomic E-state index is 0.792. The first-order valence-electron chi connectivity index (χ1n) is 7.31. The average molecular weight is 285 g/mol. The Morgan fingerprint density at radius 2 is 1.68 bits per heavy atom. The summed E-state index contributed by atoms with van der Waals surface area (Å²) in [6.45, 7) is 3.96. The Morgan fingerprint density at radius 3 is 2.59 bits per heavy atom. The predicted octanol–water partition coefficient (Wildman–Crippen LogP) is 4.46. The van der Waals surface area contributed by atoms with Gasteiger partial charge in [0.15, 0.2) is 0 Å². The van der Waals surface area contributed by atoms with Crippen LogP contribution in [0, 0.1) is 13.8 Å². The molecule has 4 rings (SSSR count). The van der Waals surface area contributed by atoms with Crippen molar-refractivity contribution in [1.29, 1.82) is 0 Å². The van der Waals surface area contributed by atoms with Gasteiger partial charge in [0.05, 0.1) is 11.2 Å². The lowest BCUT2D eigenvalue weighted by Gasteiger charge is -2.07. The number of aryl methyl sites for hydroxylation is 2. The van der Waals surface area contributed by atoms with Gasteiger partial charge >= 0.3 is 0 Å². The molecule has 0 bridgehead atoms. The van der Waals surface area contributed by atoms with Crippen LogP contribution in [0.25, 0.3) is 32.9 Å². The van der Waals surface area contributed by atoms with Gasteiger partial charge in [0.1, 0.15) is 5.82 Å². The van der Waals surface area contributed by atoms with E-state index in [4.69, 9.17) is 4.98 Å². The Balaban J connectivity index is 1.92. The first kappa shape index (κ1) is 12.9. The highest BCUT2D eigenvalue weighted by atomic mass is 14.9. The van der Waals surface area contributed by atoms with Crippen molar-refractivity contribution in [3.8, 4) is 11.3 Å². The zero-order chi connectivity index (χ0) is 15.1. The summed E-state index contributed by atoms with van der Waals surface area (Å²) in [5.74, 6) is 0.792. The summed E-state index contributed by atoms with van der Waals surface area (Å²) in [7, 11) is 0. The summed E-state index contributed by atoms with van der Waals surface area (Å²) < 4.78 is 0. The number of rotatable bonds is 1. The van der Waals surface area contributed by atoms with Gasteiger partial charge in [-0.1, -0.05) is 30.3 Å². The molecule has 0 fully saturated rings. The predicted molar refractivity (Wildman–Crippen MR) is 89.7 cm³/mol. The zero-order valence-corrected chi connectivity index (χ0v) is 12.5. The van der Waals surface area contributed by atoms with Crippen molar-refractivity contribution in [2.24, 2.45) is 0 Å². The van der Waals surface area contributed by atoms with E-state index >= 15 is 0 Å². The van der Waals surface area contributed by atoms with Gasteiger partial charge in [-0.2, -0.15) is 0 Å². The molecule has 0 aliphatic rings. The minimum atomic E-state index is 0.792. The van der Waals surface area contributed by atoms with E-state index in [-0.39, 0.29) is 0 Å². The van der Waals surface area contributed by atoms with Gasteiger partial charge in [-0.3, -0.25) is 4.98 Å². The fraction of sp³-hybridized carbons (Fsp3) is 0.105. The van der Waals surface area contributed by atoms with E-state index in [1.54, 1.807) is 0 Å². The van der Waals surface area contributed by atoms with Crippen LogP contribution in [0.15, 0.2) is 54.7 Å². The van der Waals surface area contributed by atoms with Crippen LogP contribution in [-0.4, -0.2) is 15.0 Å². The lowest BCUT2D eigenvalue weighted by atomic mass is 10.0. The molecule has 0 aliphatic heterocycles. The molecular formula is C19H15N3. The first-order valence-corrected chi connectivity index (χ1v) is 7.31. The van der Waals surface area contributed by atoms with Gasteiger partial charge in [0.2, 0.25) is 0 Å². The molecule has 3 heteroatoms. The Bertz CT molecular complexity index is 1010. The van der Waals surface area contributed by atoms with Crippen LogP contribution in [0.3, 0.4) is 0 Å². The van der Waals surface area contributed by atoms with Crippen LogP contribution in [0.1, 0.15) is 11.5 Å². The molecule has 3 nitrogen and oxygen atoms in total. The molecule has 0 aliphatic carbocycles. The topological polar surface area (TPSA) is 38.7 Å². The van der Waals surface area contributed by atoms with Crippen LogP contribution >= 0.6 is 0 Å². The normalized spacial score (nSPS) is 11.2. The van der Waals surface area contributed by atoms with Crippen molar-refractivity contribution < 1.29 is 0 Å². The van der Waals surface area contributed by atoms with E-state index in [0.717, 1.165) is 33.7 Å². The van der Waals surface area contributed by atoms with E-state index in [1.807, 2.05) is 25.3 Å². The number of aromatic nitrogens is 3. The fourth-order valence-corrected chi connectivity index (χ4v) is 2.81. The number of benzene rings is 2. The second-order valence-electron chi connectivity index (χ2n) is 5.50. The molecule has 0 spiro atoms. The molecule has 0 atom stereocenters. The molecule has 106 valence electrons. The van der Waals surface area contributed by atoms with Gasteiger partial charge in [0.25, 0.3) is 0 Å². The SMILES string of the molecule is Cc1ncc2cc(-c3cc4ccccc4c(C)n3)ccc2n1. The van der Waals surface area contributed by atoms with E-state index in [9.17, 15) is 0 Å². The number of hydrogen-bond acceptors (Lipinski definition) is 3. The van der Waals surface area contributed by atoms with Gasteiger partial charge in [-0.15, -0.1) is 0 Å². The number of hydrogen-bond donors (Lipinski definition) is 0. The standard InChI is InChI=1S/C19H15N3/c1-12-17-6-4-3-5-14(17)10-19(21-12)15-7-8-18-16(9-15)11-20-13(2)22-18/h3-11H,1-2H3. The molecule has 22 heavy (non-hydrogen) atoms. The quantitative estimate of drug-likeness (QED) is 0.518. The molecule has 0 unspecified atom stereocenters. The molecule has 2 aromatic carbocycles. The van der Waals surface area contributed by atoms with Gasteiger partial charge < -0.3 is 0 Å². The summed E-state index contributed by atoms with van der Waals surface area (Å²) in [6, 6.07) is 16.7. The summed E-state index contributed by atoms with van der Waals surface area (Å²) in [5.41, 5.74) is 4.09. The van der Waals surface area contributed by atoms with Gasteiger partial charge in [-0.25, -0.2) is 9.97 Å². The Labute approximate surface area is 128 Å². The van der Waals surface area contributed by atoms with E-state index in [2.05, 4.69) is 53.3 Å². The Morgan fingerprint density at radius 1 is 0.818 bits per heavy atom. The molecule has 4 aromatic rings. The van der Waals surface area contributed by atoms with Crippen molar-refractivity contribution in [2.45, 2.75) is 13.8 Å². The van der Waals surface area contributed by atoms with Crippen molar-refractivity contribution in [2.75, 3.05) is 0 Å². The van der Waals surface area contributed by atoms with Crippen LogP contribution in [0.5, 0.6) is 0 Å². The average Bonchev–Trinajstić information content (AvgIpc) is 2.54. The maximum absolute atomic E-state index is 4.76. The monoisotopic (exact) mass is 285 g/mol. The molecule has 0 amide bonds. The lowest BCUT2D eigenvalue weighted by molar-refractivity contribution is 1.09. The molecule has 2 heterocycles. The third-order valence-corrected chi connectivity index (χ3v) is 3.93. The highest BCUT2D eigenvalue weighted by Crippen LogP contribution is 2.26. The molecule has 2 aromatic heterocycles. The maximum Gasteiger partial charge on any atom is 0.125 e. The third kappa shape index (κ3) is 2.11. The molecular weight excluding hydrogens is 270 g/mol. The second-order valence-corrected chi connectivity index (χ2v) is 5.50. The molecule has 0 radical (unpaired) electrons. The van der Waals surface area contributed by atoms with E-state index in [0.29, 0.717) is 0 Å². The summed E-state index contributed by atoms with van der Waals surface area (Å²) in [6.07, 6.45) is 1.87. The third-order valence-electron chi connectivity index (χ3n) is 3.93. The number of pyridine rings is 1. The highest BCUT2D eigenvalue weighted by molar-refractivity contribution is 5.89. The second kappa shape index (κ2) is 4.88. The number of nitrogens with zero attached hydrogens (tertiary/aromatic N) is 3. The molecule has 0 N–H and O–H groups in total. The first-order chi connectivity index (χ1) is 10.7. The van der Waals surface area contributed by atoms with E-state index < -0.39 is 0 Å². The molecule has 0 saturated carbocycles. The van der Waals surface area contributed by atoms with Crippen LogP contribution < -0.4 is 0 Å². The fourth-order valence-electron chi connectivity index (χ4n) is 2.81. The Hall–Kier alpha value is -2.81. The number of fused-ring (bicyclic) bond motifs is 2.